The first-order valence-corrected chi connectivity index (χ1v) is 8.11. The molecule has 0 fully saturated rings. The summed E-state index contributed by atoms with van der Waals surface area (Å²) in [5.74, 6) is 0.854. The fourth-order valence-corrected chi connectivity index (χ4v) is 2.65. The third kappa shape index (κ3) is 4.46. The van der Waals surface area contributed by atoms with Gasteiger partial charge in [0.15, 0.2) is 0 Å². The van der Waals surface area contributed by atoms with E-state index < -0.39 is 0 Å². The Bertz CT molecular complexity index is 950. The summed E-state index contributed by atoms with van der Waals surface area (Å²) >= 11 is 10.9. The van der Waals surface area contributed by atoms with Crippen LogP contribution >= 0.6 is 23.8 Å². The van der Waals surface area contributed by atoms with Gasteiger partial charge in [0.2, 0.25) is 11.8 Å². The average molecular weight is 376 g/mol. The van der Waals surface area contributed by atoms with Crippen LogP contribution in [0, 0.1) is 4.84 Å². The number of nitrogens with zero attached hydrogens (tertiary/aromatic N) is 1. The largest absolute Gasteiger partial charge is 0.497 e. The lowest BCUT2D eigenvalue weighted by Crippen LogP contribution is -2.14. The van der Waals surface area contributed by atoms with E-state index in [-0.39, 0.29) is 17.2 Å². The molecule has 8 heteroatoms. The maximum atomic E-state index is 12.2. The maximum absolute atomic E-state index is 12.2. The molecule has 0 spiro atoms. The monoisotopic (exact) mass is 375 g/mol. The highest BCUT2D eigenvalue weighted by molar-refractivity contribution is 7.71. The predicted molar refractivity (Wildman–Crippen MR) is 97.5 cm³/mol. The molecule has 0 radical (unpaired) electrons. The zero-order chi connectivity index (χ0) is 17.8. The van der Waals surface area contributed by atoms with Crippen LogP contribution < -0.4 is 10.1 Å². The van der Waals surface area contributed by atoms with Crippen LogP contribution in [0.15, 0.2) is 46.9 Å². The number of benzene rings is 2. The van der Waals surface area contributed by atoms with E-state index in [0.717, 1.165) is 11.1 Å². The minimum absolute atomic E-state index is 0.158. The molecule has 0 unspecified atom stereocenters. The molecule has 1 aromatic heterocycles. The van der Waals surface area contributed by atoms with E-state index in [1.807, 2.05) is 0 Å². The van der Waals surface area contributed by atoms with E-state index in [9.17, 15) is 4.79 Å². The molecule has 2 aromatic carbocycles. The summed E-state index contributed by atoms with van der Waals surface area (Å²) in [4.78, 5) is 12.4. The number of carbonyl (C=O) groups excluding carboxylic acids is 1. The van der Waals surface area contributed by atoms with Gasteiger partial charge in [0.25, 0.3) is 4.84 Å². The molecule has 25 heavy (non-hydrogen) atoms. The molecule has 0 aliphatic heterocycles. The van der Waals surface area contributed by atoms with E-state index >= 15 is 0 Å². The average Bonchev–Trinajstić information content (AvgIpc) is 3.01. The smallest absolute Gasteiger partial charge is 0.284 e. The topological polar surface area (TPSA) is 80.1 Å². The predicted octanol–water partition coefficient (Wildman–Crippen LogP) is 4.24. The van der Waals surface area contributed by atoms with E-state index in [2.05, 4.69) is 15.5 Å². The normalized spacial score (nSPS) is 10.5. The van der Waals surface area contributed by atoms with Crippen molar-refractivity contribution in [3.8, 4) is 17.2 Å². The summed E-state index contributed by atoms with van der Waals surface area (Å²) in [6.07, 6.45) is 0.187. The summed E-state index contributed by atoms with van der Waals surface area (Å²) in [5.41, 5.74) is 2.19. The van der Waals surface area contributed by atoms with Crippen LogP contribution in [0.3, 0.4) is 0 Å². The molecule has 3 rings (SSSR count). The van der Waals surface area contributed by atoms with Gasteiger partial charge in [-0.3, -0.25) is 4.79 Å². The second kappa shape index (κ2) is 7.50. The molecule has 0 atom stereocenters. The second-order valence-electron chi connectivity index (χ2n) is 5.22. The molecule has 0 aliphatic carbocycles. The number of H-pyrrole nitrogens is 1. The quantitative estimate of drug-likeness (QED) is 0.652. The molecule has 1 heterocycles. The molecule has 128 valence electrons. The number of aromatic nitrogens is 2. The number of aromatic amines is 1. The number of rotatable bonds is 5. The third-order valence-electron chi connectivity index (χ3n) is 3.39. The minimum Gasteiger partial charge on any atom is -0.497 e. The van der Waals surface area contributed by atoms with Gasteiger partial charge in [0.1, 0.15) is 5.75 Å². The van der Waals surface area contributed by atoms with Gasteiger partial charge in [-0.15, -0.1) is 5.10 Å². The second-order valence-corrected chi connectivity index (χ2v) is 6.03. The Morgan fingerprint density at radius 3 is 2.72 bits per heavy atom. The summed E-state index contributed by atoms with van der Waals surface area (Å²) in [7, 11) is 1.55. The van der Waals surface area contributed by atoms with Crippen LogP contribution in [-0.4, -0.2) is 23.2 Å². The maximum Gasteiger partial charge on any atom is 0.284 e. The zero-order valence-corrected chi connectivity index (χ0v) is 14.8. The van der Waals surface area contributed by atoms with Gasteiger partial charge in [-0.05, 0) is 60.2 Å². The van der Waals surface area contributed by atoms with Gasteiger partial charge in [-0.25, -0.2) is 5.10 Å². The van der Waals surface area contributed by atoms with E-state index in [0.29, 0.717) is 22.4 Å². The Morgan fingerprint density at radius 2 is 2.08 bits per heavy atom. The Hall–Kier alpha value is -2.64. The van der Waals surface area contributed by atoms with Crippen molar-refractivity contribution in [3.05, 3.63) is 57.9 Å². The zero-order valence-electron chi connectivity index (χ0n) is 13.2. The molecular weight excluding hydrogens is 362 g/mol. The molecule has 0 bridgehead atoms. The van der Waals surface area contributed by atoms with Crippen LogP contribution in [0.4, 0.5) is 5.69 Å². The van der Waals surface area contributed by atoms with Gasteiger partial charge in [0, 0.05) is 16.3 Å². The lowest BCUT2D eigenvalue weighted by atomic mass is 10.1. The Labute approximate surface area is 153 Å². The number of methoxy groups -OCH3 is 1. The van der Waals surface area contributed by atoms with Crippen molar-refractivity contribution in [1.82, 2.24) is 10.2 Å². The molecule has 6 nitrogen and oxygen atoms in total. The number of amides is 1. The Balaban J connectivity index is 1.67. The van der Waals surface area contributed by atoms with E-state index in [1.54, 1.807) is 49.6 Å². The molecule has 0 saturated heterocycles. The fraction of sp³-hybridized carbons (Fsp3) is 0.118. The van der Waals surface area contributed by atoms with Gasteiger partial charge in [-0.1, -0.05) is 11.6 Å². The first-order valence-electron chi connectivity index (χ1n) is 7.33. The highest BCUT2D eigenvalue weighted by Gasteiger charge is 2.08. The van der Waals surface area contributed by atoms with Crippen molar-refractivity contribution < 1.29 is 13.9 Å². The standard InChI is InChI=1S/C17H14ClN3O3S/c1-23-14-7-10(6-12(18)9-14)8-15(22)19-13-4-2-11(3-5-13)16-20-21-17(25)24-16/h2-7,9H,8H2,1H3,(H,19,22)(H,21,25). The molecule has 3 aromatic rings. The van der Waals surface area contributed by atoms with Crippen LogP contribution in [-0.2, 0) is 11.2 Å². The molecule has 2 N–H and O–H groups in total. The summed E-state index contributed by atoms with van der Waals surface area (Å²) in [6.45, 7) is 0. The van der Waals surface area contributed by atoms with E-state index in [1.165, 1.54) is 0 Å². The van der Waals surface area contributed by atoms with Crippen molar-refractivity contribution in [1.29, 1.82) is 0 Å². The molecule has 0 saturated carbocycles. The van der Waals surface area contributed by atoms with Crippen molar-refractivity contribution in [2.45, 2.75) is 6.42 Å². The number of halogens is 1. The summed E-state index contributed by atoms with van der Waals surface area (Å²) in [6, 6.07) is 12.3. The number of anilines is 1. The highest BCUT2D eigenvalue weighted by Crippen LogP contribution is 2.22. The lowest BCUT2D eigenvalue weighted by Gasteiger charge is -2.08. The number of hydrogen-bond donors (Lipinski definition) is 2. The van der Waals surface area contributed by atoms with Crippen LogP contribution in [0.2, 0.25) is 5.02 Å². The molecule has 0 aliphatic rings. The summed E-state index contributed by atoms with van der Waals surface area (Å²) in [5, 5.41) is 9.86. The van der Waals surface area contributed by atoms with Crippen LogP contribution in [0.5, 0.6) is 5.75 Å². The summed E-state index contributed by atoms with van der Waals surface area (Å²) < 4.78 is 10.4. The first-order chi connectivity index (χ1) is 12.0. The molecular formula is C17H14ClN3O3S. The van der Waals surface area contributed by atoms with Gasteiger partial charge in [-0.2, -0.15) is 0 Å². The number of nitrogens with one attached hydrogen (secondary N) is 2. The minimum atomic E-state index is -0.158. The SMILES string of the molecule is COc1cc(Cl)cc(CC(=O)Nc2ccc(-c3n[nH]c(=S)o3)cc2)c1. The van der Waals surface area contributed by atoms with Gasteiger partial charge >= 0.3 is 0 Å². The Kier molecular flexibility index (Phi) is 5.16. The van der Waals surface area contributed by atoms with Crippen molar-refractivity contribution in [2.75, 3.05) is 12.4 Å². The number of carbonyl (C=O) groups is 1. The highest BCUT2D eigenvalue weighted by atomic mass is 35.5. The van der Waals surface area contributed by atoms with Crippen LogP contribution in [0.25, 0.3) is 11.5 Å². The fourth-order valence-electron chi connectivity index (χ4n) is 2.28. The number of hydrogen-bond acceptors (Lipinski definition) is 5. The van der Waals surface area contributed by atoms with Gasteiger partial charge < -0.3 is 14.5 Å². The van der Waals surface area contributed by atoms with Crippen molar-refractivity contribution in [3.63, 3.8) is 0 Å². The third-order valence-corrected chi connectivity index (χ3v) is 3.78. The Morgan fingerprint density at radius 1 is 1.32 bits per heavy atom. The van der Waals surface area contributed by atoms with Crippen LogP contribution in [0.1, 0.15) is 5.56 Å². The van der Waals surface area contributed by atoms with Crippen molar-refractivity contribution in [2.24, 2.45) is 0 Å². The van der Waals surface area contributed by atoms with Crippen molar-refractivity contribution >= 4 is 35.4 Å². The number of ether oxygens (including phenoxy) is 1. The van der Waals surface area contributed by atoms with E-state index in [4.69, 9.17) is 33.0 Å². The molecule has 1 amide bonds. The lowest BCUT2D eigenvalue weighted by molar-refractivity contribution is -0.115. The first kappa shape index (κ1) is 17.2. The van der Waals surface area contributed by atoms with Gasteiger partial charge in [0.05, 0.1) is 13.5 Å².